The van der Waals surface area contributed by atoms with E-state index in [1.165, 1.54) is 4.90 Å². The smallest absolute Gasteiger partial charge is 0.303 e. The molecule has 0 saturated heterocycles. The van der Waals surface area contributed by atoms with Crippen molar-refractivity contribution in [2.45, 2.75) is 39.0 Å². The molecule has 5 nitrogen and oxygen atoms in total. The zero-order valence-corrected chi connectivity index (χ0v) is 13.5. The Morgan fingerprint density at radius 3 is 2.64 bits per heavy atom. The lowest BCUT2D eigenvalue weighted by Gasteiger charge is -2.19. The summed E-state index contributed by atoms with van der Waals surface area (Å²) in [5.41, 5.74) is 1.10. The summed E-state index contributed by atoms with van der Waals surface area (Å²) in [7, 11) is 1.66. The van der Waals surface area contributed by atoms with Crippen molar-refractivity contribution in [1.82, 2.24) is 4.90 Å². The van der Waals surface area contributed by atoms with E-state index in [1.807, 2.05) is 24.3 Å². The van der Waals surface area contributed by atoms with E-state index in [0.29, 0.717) is 18.9 Å². The number of para-hydroxylation sites is 1. The number of carbonyl (C=O) groups excluding carboxylic acids is 1. The van der Waals surface area contributed by atoms with Crippen LogP contribution in [0.3, 0.4) is 0 Å². The van der Waals surface area contributed by atoms with E-state index in [-0.39, 0.29) is 18.9 Å². The molecular weight excluding hydrogens is 282 g/mol. The number of hydrogen-bond acceptors (Lipinski definition) is 3. The Bertz CT molecular complexity index is 501. The van der Waals surface area contributed by atoms with E-state index in [1.54, 1.807) is 7.05 Å². The quantitative estimate of drug-likeness (QED) is 0.761. The van der Waals surface area contributed by atoms with Gasteiger partial charge in [0.25, 0.3) is 5.91 Å². The van der Waals surface area contributed by atoms with Gasteiger partial charge in [-0.15, -0.1) is 0 Å². The van der Waals surface area contributed by atoms with Gasteiger partial charge in [-0.2, -0.15) is 0 Å². The normalized spacial score (nSPS) is 11.8. The van der Waals surface area contributed by atoms with E-state index < -0.39 is 5.97 Å². The van der Waals surface area contributed by atoms with Gasteiger partial charge < -0.3 is 14.7 Å². The van der Waals surface area contributed by atoms with Gasteiger partial charge in [0.1, 0.15) is 5.75 Å². The van der Waals surface area contributed by atoms with Crippen molar-refractivity contribution >= 4 is 11.9 Å². The summed E-state index contributed by atoms with van der Waals surface area (Å²) >= 11 is 0. The number of amides is 1. The Balaban J connectivity index is 2.52. The molecule has 1 aromatic carbocycles. The molecule has 0 fully saturated rings. The fraction of sp³-hybridized carbons (Fsp3) is 0.529. The van der Waals surface area contributed by atoms with E-state index >= 15 is 0 Å². The predicted molar refractivity (Wildman–Crippen MR) is 85.1 cm³/mol. The van der Waals surface area contributed by atoms with Crippen LogP contribution in [-0.2, 0) is 9.59 Å². The molecule has 0 radical (unpaired) electrons. The Hall–Kier alpha value is -2.04. The molecule has 1 atom stereocenters. The van der Waals surface area contributed by atoms with Gasteiger partial charge in [0.2, 0.25) is 0 Å². The standard InChI is InChI=1S/C17H25NO4/c1-4-13(2)14-8-5-6-9-15(14)22-12-16(19)18(3)11-7-10-17(20)21/h5-6,8-9,13H,4,7,10-12H2,1-3H3,(H,20,21). The Kier molecular flexibility index (Phi) is 7.43. The number of carbonyl (C=O) groups is 2. The van der Waals surface area contributed by atoms with Gasteiger partial charge in [-0.1, -0.05) is 32.0 Å². The molecule has 0 aliphatic carbocycles. The summed E-state index contributed by atoms with van der Waals surface area (Å²) in [6.45, 7) is 4.63. The number of likely N-dealkylation sites (N-methyl/N-ethyl adjacent to an activating group) is 1. The van der Waals surface area contributed by atoms with E-state index in [9.17, 15) is 9.59 Å². The number of benzene rings is 1. The number of ether oxygens (including phenoxy) is 1. The van der Waals surface area contributed by atoms with Crippen LogP contribution in [0.2, 0.25) is 0 Å². The lowest BCUT2D eigenvalue weighted by Crippen LogP contribution is -2.32. The lowest BCUT2D eigenvalue weighted by molar-refractivity contribution is -0.138. The first-order valence-corrected chi connectivity index (χ1v) is 7.63. The minimum Gasteiger partial charge on any atom is -0.483 e. The molecule has 0 bridgehead atoms. The number of nitrogens with zero attached hydrogens (tertiary/aromatic N) is 1. The van der Waals surface area contributed by atoms with Crippen molar-refractivity contribution in [1.29, 1.82) is 0 Å². The van der Waals surface area contributed by atoms with E-state index in [0.717, 1.165) is 17.7 Å². The van der Waals surface area contributed by atoms with Gasteiger partial charge in [-0.3, -0.25) is 9.59 Å². The highest BCUT2D eigenvalue weighted by atomic mass is 16.5. The summed E-state index contributed by atoms with van der Waals surface area (Å²) in [6, 6.07) is 7.75. The molecule has 122 valence electrons. The summed E-state index contributed by atoms with van der Waals surface area (Å²) in [6.07, 6.45) is 1.51. The number of carboxylic acids is 1. The summed E-state index contributed by atoms with van der Waals surface area (Å²) in [4.78, 5) is 24.0. The topological polar surface area (TPSA) is 66.8 Å². The fourth-order valence-electron chi connectivity index (χ4n) is 2.08. The Morgan fingerprint density at radius 1 is 1.32 bits per heavy atom. The Morgan fingerprint density at radius 2 is 2.00 bits per heavy atom. The molecule has 1 rings (SSSR count). The van der Waals surface area contributed by atoms with Gasteiger partial charge in [0.15, 0.2) is 6.61 Å². The number of carboxylic acid groups (broad SMARTS) is 1. The van der Waals surface area contributed by atoms with Crippen molar-refractivity contribution in [3.63, 3.8) is 0 Å². The molecule has 1 N–H and O–H groups in total. The summed E-state index contributed by atoms with van der Waals surface area (Å²) < 4.78 is 5.66. The summed E-state index contributed by atoms with van der Waals surface area (Å²) in [5, 5.41) is 8.59. The monoisotopic (exact) mass is 307 g/mol. The number of rotatable bonds is 9. The summed E-state index contributed by atoms with van der Waals surface area (Å²) in [5.74, 6) is 0.118. The maximum atomic E-state index is 12.0. The highest BCUT2D eigenvalue weighted by Crippen LogP contribution is 2.28. The molecular formula is C17H25NO4. The molecule has 5 heteroatoms. The highest BCUT2D eigenvalue weighted by molar-refractivity contribution is 5.77. The van der Waals surface area contributed by atoms with Crippen molar-refractivity contribution < 1.29 is 19.4 Å². The predicted octanol–water partition coefficient (Wildman–Crippen LogP) is 2.90. The molecule has 0 heterocycles. The third-order valence-electron chi connectivity index (χ3n) is 3.72. The van der Waals surface area contributed by atoms with Crippen LogP contribution < -0.4 is 4.74 Å². The van der Waals surface area contributed by atoms with Gasteiger partial charge in [0, 0.05) is 20.0 Å². The molecule has 0 saturated carbocycles. The second kappa shape index (κ2) is 9.07. The van der Waals surface area contributed by atoms with Crippen molar-refractivity contribution in [2.24, 2.45) is 0 Å². The van der Waals surface area contributed by atoms with Crippen LogP contribution in [0, 0.1) is 0 Å². The maximum Gasteiger partial charge on any atom is 0.303 e. The van der Waals surface area contributed by atoms with E-state index in [2.05, 4.69) is 13.8 Å². The molecule has 0 aromatic heterocycles. The van der Waals surface area contributed by atoms with Crippen LogP contribution in [0.15, 0.2) is 24.3 Å². The van der Waals surface area contributed by atoms with Crippen LogP contribution in [-0.4, -0.2) is 42.1 Å². The second-order valence-corrected chi connectivity index (χ2v) is 5.45. The number of aliphatic carboxylic acids is 1. The average Bonchev–Trinajstić information content (AvgIpc) is 2.51. The van der Waals surface area contributed by atoms with Gasteiger partial charge >= 0.3 is 5.97 Å². The van der Waals surface area contributed by atoms with Gasteiger partial charge in [0.05, 0.1) is 0 Å². The third-order valence-corrected chi connectivity index (χ3v) is 3.72. The minimum atomic E-state index is -0.848. The zero-order valence-electron chi connectivity index (χ0n) is 13.5. The van der Waals surface area contributed by atoms with Crippen LogP contribution in [0.1, 0.15) is 44.6 Å². The van der Waals surface area contributed by atoms with Crippen molar-refractivity contribution in [2.75, 3.05) is 20.2 Å². The number of hydrogen-bond donors (Lipinski definition) is 1. The average molecular weight is 307 g/mol. The molecule has 1 amide bonds. The molecule has 1 aromatic rings. The first kappa shape index (κ1) is 18.0. The lowest BCUT2D eigenvalue weighted by atomic mass is 9.98. The van der Waals surface area contributed by atoms with Crippen molar-refractivity contribution in [3.8, 4) is 5.75 Å². The largest absolute Gasteiger partial charge is 0.483 e. The highest BCUT2D eigenvalue weighted by Gasteiger charge is 2.13. The molecule has 0 spiro atoms. The molecule has 0 aliphatic heterocycles. The third kappa shape index (κ3) is 5.76. The van der Waals surface area contributed by atoms with Crippen LogP contribution >= 0.6 is 0 Å². The molecule has 1 unspecified atom stereocenters. The minimum absolute atomic E-state index is 0.0307. The van der Waals surface area contributed by atoms with Gasteiger partial charge in [-0.25, -0.2) is 0 Å². The van der Waals surface area contributed by atoms with Crippen molar-refractivity contribution in [3.05, 3.63) is 29.8 Å². The zero-order chi connectivity index (χ0) is 16.5. The van der Waals surface area contributed by atoms with Gasteiger partial charge in [-0.05, 0) is 30.4 Å². The first-order chi connectivity index (χ1) is 10.5. The van der Waals surface area contributed by atoms with Crippen LogP contribution in [0.4, 0.5) is 0 Å². The maximum absolute atomic E-state index is 12.0. The van der Waals surface area contributed by atoms with Crippen LogP contribution in [0.25, 0.3) is 0 Å². The molecule has 0 aliphatic rings. The second-order valence-electron chi connectivity index (χ2n) is 5.45. The molecule has 22 heavy (non-hydrogen) atoms. The Labute approximate surface area is 131 Å². The van der Waals surface area contributed by atoms with Crippen LogP contribution in [0.5, 0.6) is 5.75 Å². The van der Waals surface area contributed by atoms with E-state index in [4.69, 9.17) is 9.84 Å². The fourth-order valence-corrected chi connectivity index (χ4v) is 2.08. The first-order valence-electron chi connectivity index (χ1n) is 7.63. The SMILES string of the molecule is CCC(C)c1ccccc1OCC(=O)N(C)CCCC(=O)O.